The molecule has 0 aliphatic rings. The molecule has 0 fully saturated rings. The third-order valence-electron chi connectivity index (χ3n) is 2.05. The number of methoxy groups -OCH3 is 1. The molecular weight excluding hydrogens is 206 g/mol. The van der Waals surface area contributed by atoms with Crippen molar-refractivity contribution in [2.75, 3.05) is 26.1 Å². The summed E-state index contributed by atoms with van der Waals surface area (Å²) in [7, 11) is 3.23. The van der Waals surface area contributed by atoms with Gasteiger partial charge < -0.3 is 15.4 Å². The summed E-state index contributed by atoms with van der Waals surface area (Å²) < 4.78 is 5.02. The number of pyridine rings is 1. The van der Waals surface area contributed by atoms with Crippen LogP contribution in [0.3, 0.4) is 0 Å². The van der Waals surface area contributed by atoms with Gasteiger partial charge in [0.05, 0.1) is 6.61 Å². The Balaban J connectivity index is 2.70. The molecule has 1 amide bonds. The fourth-order valence-electron chi connectivity index (χ4n) is 1.35. The highest BCUT2D eigenvalue weighted by atomic mass is 16.5. The quantitative estimate of drug-likeness (QED) is 0.778. The van der Waals surface area contributed by atoms with E-state index in [1.807, 2.05) is 13.0 Å². The van der Waals surface area contributed by atoms with Gasteiger partial charge in [0.25, 0.3) is 5.91 Å². The van der Waals surface area contributed by atoms with E-state index in [1.165, 1.54) is 0 Å². The maximum absolute atomic E-state index is 11.4. The van der Waals surface area contributed by atoms with Crippen LogP contribution in [0, 0.1) is 0 Å². The number of anilines is 1. The van der Waals surface area contributed by atoms with Gasteiger partial charge in [-0.2, -0.15) is 0 Å². The Morgan fingerprint density at radius 3 is 3.00 bits per heavy atom. The molecule has 5 heteroatoms. The Morgan fingerprint density at radius 2 is 2.38 bits per heavy atom. The number of carbonyl (C=O) groups excluding carboxylic acids is 1. The molecule has 1 atom stereocenters. The zero-order valence-corrected chi connectivity index (χ0v) is 9.78. The lowest BCUT2D eigenvalue weighted by Gasteiger charge is -2.14. The summed E-state index contributed by atoms with van der Waals surface area (Å²) in [6, 6.07) is 3.72. The summed E-state index contributed by atoms with van der Waals surface area (Å²) in [6.45, 7) is 2.61. The molecule has 0 saturated carbocycles. The van der Waals surface area contributed by atoms with E-state index < -0.39 is 0 Å². The van der Waals surface area contributed by atoms with Gasteiger partial charge in [0.15, 0.2) is 0 Å². The van der Waals surface area contributed by atoms with Gasteiger partial charge in [-0.25, -0.2) is 0 Å². The summed E-state index contributed by atoms with van der Waals surface area (Å²) in [6.07, 6.45) is 1.60. The maximum Gasteiger partial charge on any atom is 0.269 e. The lowest BCUT2D eigenvalue weighted by atomic mass is 10.2. The number of hydrogen-bond acceptors (Lipinski definition) is 4. The highest BCUT2D eigenvalue weighted by molar-refractivity contribution is 5.92. The fourth-order valence-corrected chi connectivity index (χ4v) is 1.35. The predicted molar refractivity (Wildman–Crippen MR) is 62.6 cm³/mol. The van der Waals surface area contributed by atoms with E-state index in [4.69, 9.17) is 4.74 Å². The fraction of sp³-hybridized carbons (Fsp3) is 0.455. The minimum absolute atomic E-state index is 0.185. The first-order valence-electron chi connectivity index (χ1n) is 5.11. The average Bonchev–Trinajstić information content (AvgIpc) is 2.28. The van der Waals surface area contributed by atoms with Crippen LogP contribution in [0.5, 0.6) is 0 Å². The third-order valence-corrected chi connectivity index (χ3v) is 2.05. The molecule has 0 aliphatic heterocycles. The monoisotopic (exact) mass is 223 g/mol. The molecular formula is C11H17N3O2. The summed E-state index contributed by atoms with van der Waals surface area (Å²) >= 11 is 0. The van der Waals surface area contributed by atoms with Crippen LogP contribution in [-0.2, 0) is 4.74 Å². The maximum atomic E-state index is 11.4. The highest BCUT2D eigenvalue weighted by Gasteiger charge is 2.06. The molecule has 1 heterocycles. The van der Waals surface area contributed by atoms with E-state index >= 15 is 0 Å². The lowest BCUT2D eigenvalue weighted by molar-refractivity contribution is 0.0958. The zero-order chi connectivity index (χ0) is 12.0. The number of nitrogens with one attached hydrogen (secondary N) is 2. The predicted octanol–water partition coefficient (Wildman–Crippen LogP) is 0.888. The number of aromatic nitrogens is 1. The van der Waals surface area contributed by atoms with Crippen LogP contribution in [0.1, 0.15) is 17.4 Å². The van der Waals surface area contributed by atoms with Crippen LogP contribution in [0.15, 0.2) is 18.3 Å². The number of ether oxygens (including phenoxy) is 1. The van der Waals surface area contributed by atoms with Crippen LogP contribution in [0.4, 0.5) is 5.69 Å². The van der Waals surface area contributed by atoms with Crippen molar-refractivity contribution in [2.24, 2.45) is 0 Å². The van der Waals surface area contributed by atoms with Crippen LogP contribution in [0.25, 0.3) is 0 Å². The first-order valence-corrected chi connectivity index (χ1v) is 5.11. The smallest absolute Gasteiger partial charge is 0.269 e. The SMILES string of the molecule is CNC(=O)c1cc(NC(C)COC)ccn1. The second-order valence-electron chi connectivity index (χ2n) is 3.51. The van der Waals surface area contributed by atoms with E-state index in [0.717, 1.165) is 5.69 Å². The molecule has 0 aliphatic carbocycles. The van der Waals surface area contributed by atoms with Crippen molar-refractivity contribution in [3.05, 3.63) is 24.0 Å². The minimum Gasteiger partial charge on any atom is -0.383 e. The molecule has 1 aromatic rings. The Kier molecular flexibility index (Phi) is 4.72. The van der Waals surface area contributed by atoms with E-state index in [-0.39, 0.29) is 11.9 Å². The molecule has 0 saturated heterocycles. The first kappa shape index (κ1) is 12.4. The van der Waals surface area contributed by atoms with Gasteiger partial charge in [-0.05, 0) is 19.1 Å². The Bertz CT molecular complexity index is 355. The number of rotatable bonds is 5. The van der Waals surface area contributed by atoms with Crippen molar-refractivity contribution < 1.29 is 9.53 Å². The van der Waals surface area contributed by atoms with Gasteiger partial charge >= 0.3 is 0 Å². The molecule has 0 aromatic carbocycles. The largest absolute Gasteiger partial charge is 0.383 e. The Labute approximate surface area is 95.2 Å². The van der Waals surface area contributed by atoms with E-state index in [0.29, 0.717) is 12.3 Å². The van der Waals surface area contributed by atoms with Gasteiger partial charge in [-0.15, -0.1) is 0 Å². The summed E-state index contributed by atoms with van der Waals surface area (Å²) in [4.78, 5) is 15.3. The van der Waals surface area contributed by atoms with Gasteiger partial charge in [-0.1, -0.05) is 0 Å². The Hall–Kier alpha value is -1.62. The standard InChI is InChI=1S/C11H17N3O2/c1-8(7-16-3)14-9-4-5-13-10(6-9)11(15)12-2/h4-6,8H,7H2,1-3H3,(H,12,15)(H,13,14). The summed E-state index contributed by atoms with van der Waals surface area (Å²) in [5.74, 6) is -0.192. The molecule has 1 aromatic heterocycles. The van der Waals surface area contributed by atoms with Gasteiger partial charge in [-0.3, -0.25) is 9.78 Å². The molecule has 0 radical (unpaired) electrons. The van der Waals surface area contributed by atoms with E-state index in [9.17, 15) is 4.79 Å². The van der Waals surface area contributed by atoms with Crippen molar-refractivity contribution in [3.8, 4) is 0 Å². The van der Waals surface area contributed by atoms with Gasteiger partial charge in [0.1, 0.15) is 5.69 Å². The van der Waals surface area contributed by atoms with Crippen molar-refractivity contribution in [2.45, 2.75) is 13.0 Å². The molecule has 0 bridgehead atoms. The third kappa shape index (κ3) is 3.51. The Morgan fingerprint density at radius 1 is 1.62 bits per heavy atom. The highest BCUT2D eigenvalue weighted by Crippen LogP contribution is 2.09. The molecule has 1 rings (SSSR count). The topological polar surface area (TPSA) is 63.2 Å². The average molecular weight is 223 g/mol. The van der Waals surface area contributed by atoms with Crippen molar-refractivity contribution in [3.63, 3.8) is 0 Å². The van der Waals surface area contributed by atoms with Gasteiger partial charge in [0.2, 0.25) is 0 Å². The molecule has 88 valence electrons. The second kappa shape index (κ2) is 6.07. The molecule has 0 spiro atoms. The van der Waals surface area contributed by atoms with Crippen LogP contribution in [0.2, 0.25) is 0 Å². The van der Waals surface area contributed by atoms with Crippen molar-refractivity contribution in [1.82, 2.24) is 10.3 Å². The van der Waals surface area contributed by atoms with Crippen molar-refractivity contribution >= 4 is 11.6 Å². The van der Waals surface area contributed by atoms with Crippen LogP contribution < -0.4 is 10.6 Å². The number of amides is 1. The van der Waals surface area contributed by atoms with E-state index in [1.54, 1.807) is 26.4 Å². The van der Waals surface area contributed by atoms with Crippen LogP contribution >= 0.6 is 0 Å². The molecule has 16 heavy (non-hydrogen) atoms. The van der Waals surface area contributed by atoms with Gasteiger partial charge in [0, 0.05) is 32.1 Å². The molecule has 5 nitrogen and oxygen atoms in total. The summed E-state index contributed by atoms with van der Waals surface area (Å²) in [5.41, 5.74) is 1.26. The van der Waals surface area contributed by atoms with Crippen LogP contribution in [-0.4, -0.2) is 37.7 Å². The number of nitrogens with zero attached hydrogens (tertiary/aromatic N) is 1. The zero-order valence-electron chi connectivity index (χ0n) is 9.78. The van der Waals surface area contributed by atoms with Crippen molar-refractivity contribution in [1.29, 1.82) is 0 Å². The molecule has 1 unspecified atom stereocenters. The normalized spacial score (nSPS) is 11.9. The molecule has 2 N–H and O–H groups in total. The number of hydrogen-bond donors (Lipinski definition) is 2. The lowest BCUT2D eigenvalue weighted by Crippen LogP contribution is -2.22. The second-order valence-corrected chi connectivity index (χ2v) is 3.51. The van der Waals surface area contributed by atoms with E-state index in [2.05, 4.69) is 15.6 Å². The number of carbonyl (C=O) groups is 1. The first-order chi connectivity index (χ1) is 7.67. The minimum atomic E-state index is -0.192. The summed E-state index contributed by atoms with van der Waals surface area (Å²) in [5, 5.41) is 5.75.